The molecule has 2 aromatic carbocycles. The predicted molar refractivity (Wildman–Crippen MR) is 83.8 cm³/mol. The summed E-state index contributed by atoms with van der Waals surface area (Å²) in [5, 5.41) is 25.4. The Morgan fingerprint density at radius 3 is 1.67 bits per heavy atom. The van der Waals surface area contributed by atoms with Crippen molar-refractivity contribution in [1.82, 2.24) is 4.81 Å². The van der Waals surface area contributed by atoms with Gasteiger partial charge in [0.25, 0.3) is 0 Å². The minimum absolute atomic E-state index is 0.0333. The number of methoxy groups -OCH3 is 2. The first-order valence-electron chi connectivity index (χ1n) is 6.83. The van der Waals surface area contributed by atoms with Crippen LogP contribution in [0.5, 0.6) is 11.5 Å². The van der Waals surface area contributed by atoms with Gasteiger partial charge in [-0.15, -0.1) is 0 Å². The van der Waals surface area contributed by atoms with Crippen LogP contribution in [0.3, 0.4) is 0 Å². The monoisotopic (exact) mass is 330 g/mol. The highest BCUT2D eigenvalue weighted by Crippen LogP contribution is 2.51. The van der Waals surface area contributed by atoms with Gasteiger partial charge in [-0.1, -0.05) is 0 Å². The maximum Gasteiger partial charge on any atom is 0.338 e. The molecule has 0 atom stereocenters. The van der Waals surface area contributed by atoms with Crippen LogP contribution < -0.4 is 9.55 Å². The Balaban J connectivity index is 2.14. The maximum atomic E-state index is 12.7. The number of esters is 2. The molecule has 1 heterocycles. The van der Waals surface area contributed by atoms with Crippen LogP contribution in [0.15, 0.2) is 36.4 Å². The number of nitrogens with zero attached hydrogens (tertiary/aromatic N) is 1. The van der Waals surface area contributed by atoms with Gasteiger partial charge in [-0.25, -0.2) is 9.59 Å². The van der Waals surface area contributed by atoms with E-state index in [4.69, 9.17) is 4.74 Å². The lowest BCUT2D eigenvalue weighted by Crippen LogP contribution is -2.33. The van der Waals surface area contributed by atoms with Gasteiger partial charge in [0.2, 0.25) is 0 Å². The van der Waals surface area contributed by atoms with Crippen molar-refractivity contribution >= 4 is 23.3 Å². The van der Waals surface area contributed by atoms with Crippen molar-refractivity contribution in [3.8, 4) is 11.5 Å². The van der Waals surface area contributed by atoms with Crippen molar-refractivity contribution in [2.24, 2.45) is 0 Å². The van der Waals surface area contributed by atoms with Crippen LogP contribution in [0, 0.1) is 10.4 Å². The molecule has 0 fully saturated rings. The molecular formula is C16H12NO7-. The summed E-state index contributed by atoms with van der Waals surface area (Å²) < 4.78 is 14.7. The molecule has 24 heavy (non-hydrogen) atoms. The van der Waals surface area contributed by atoms with Crippen LogP contribution in [0.1, 0.15) is 20.7 Å². The molecule has 2 aromatic rings. The van der Waals surface area contributed by atoms with E-state index >= 15 is 0 Å². The summed E-state index contributed by atoms with van der Waals surface area (Å²) in [5.41, 5.74) is -0.539. The quantitative estimate of drug-likeness (QED) is 0.473. The molecule has 0 bridgehead atoms. The van der Waals surface area contributed by atoms with Crippen molar-refractivity contribution in [3.63, 3.8) is 0 Å². The third kappa shape index (κ3) is 2.38. The Bertz CT molecular complexity index is 777. The van der Waals surface area contributed by atoms with Crippen LogP contribution in [0.4, 0.5) is 11.4 Å². The van der Waals surface area contributed by atoms with E-state index in [1.165, 1.54) is 38.5 Å². The Hall–Kier alpha value is -2.94. The Kier molecular flexibility index (Phi) is 3.72. The zero-order chi connectivity index (χ0) is 17.5. The first-order valence-corrected chi connectivity index (χ1v) is 6.83. The molecule has 0 saturated heterocycles. The average molecular weight is 330 g/mol. The van der Waals surface area contributed by atoms with Crippen molar-refractivity contribution in [1.29, 1.82) is 0 Å². The van der Waals surface area contributed by atoms with Gasteiger partial charge < -0.3 is 29.4 Å². The van der Waals surface area contributed by atoms with Gasteiger partial charge in [0, 0.05) is 12.1 Å². The fourth-order valence-corrected chi connectivity index (χ4v) is 2.41. The predicted octanol–water partition coefficient (Wildman–Crippen LogP) is 3.00. The van der Waals surface area contributed by atoms with E-state index in [1.807, 2.05) is 0 Å². The Labute approximate surface area is 136 Å². The summed E-state index contributed by atoms with van der Waals surface area (Å²) in [6.45, 7) is 0. The van der Waals surface area contributed by atoms with Gasteiger partial charge in [-0.2, -0.15) is 0 Å². The second kappa shape index (κ2) is 5.60. The minimum Gasteiger partial charge on any atom is -0.620 e. The molecule has 124 valence electrons. The van der Waals surface area contributed by atoms with Crippen molar-refractivity contribution in [3.05, 3.63) is 57.9 Å². The molecule has 8 heteroatoms. The summed E-state index contributed by atoms with van der Waals surface area (Å²) in [6, 6.07) is 7.71. The van der Waals surface area contributed by atoms with Crippen molar-refractivity contribution in [2.75, 3.05) is 14.2 Å². The molecule has 3 rings (SSSR count). The zero-order valence-electron chi connectivity index (χ0n) is 12.8. The number of benzene rings is 2. The molecule has 1 aliphatic rings. The molecule has 0 amide bonds. The highest BCUT2D eigenvalue weighted by atomic mass is 16.8. The van der Waals surface area contributed by atoms with E-state index in [0.717, 1.165) is 12.1 Å². The number of ether oxygens (including phenoxy) is 3. The van der Waals surface area contributed by atoms with Gasteiger partial charge in [-0.3, -0.25) is 0 Å². The van der Waals surface area contributed by atoms with Crippen LogP contribution >= 0.6 is 0 Å². The fraction of sp³-hybridized carbons (Fsp3) is 0.125. The molecule has 1 aliphatic heterocycles. The molecule has 0 N–H and O–H groups in total. The molecule has 0 saturated carbocycles. The van der Waals surface area contributed by atoms with E-state index in [1.54, 1.807) is 0 Å². The Morgan fingerprint density at radius 1 is 0.875 bits per heavy atom. The van der Waals surface area contributed by atoms with Crippen molar-refractivity contribution in [2.45, 2.75) is 0 Å². The third-order valence-electron chi connectivity index (χ3n) is 3.61. The molecule has 8 nitrogen and oxygen atoms in total. The number of hydrogen-bond donors (Lipinski definition) is 0. The molecule has 0 unspecified atom stereocenters. The summed E-state index contributed by atoms with van der Waals surface area (Å²) in [5.74, 6) is -1.31. The molecule has 0 spiro atoms. The van der Waals surface area contributed by atoms with Crippen molar-refractivity contribution < 1.29 is 23.8 Å². The summed E-state index contributed by atoms with van der Waals surface area (Å²) in [4.78, 5) is 21.0. The Morgan fingerprint density at radius 2 is 1.29 bits per heavy atom. The molecule has 0 radical (unpaired) electrons. The summed E-state index contributed by atoms with van der Waals surface area (Å²) in [6.07, 6.45) is 0. The smallest absolute Gasteiger partial charge is 0.338 e. The standard InChI is InChI=1S/C16H12NO7/c1-22-15(18)9-3-5-13-11(7-9)17(20,21)12-8-10(16(19)23-2)4-6-14(12)24-13/h3-8H,1-2H3/q-1. The average Bonchev–Trinajstić information content (AvgIpc) is 2.60. The van der Waals surface area contributed by atoms with E-state index in [2.05, 4.69) is 9.47 Å². The number of carbonyl (C=O) groups excluding carboxylic acids is 2. The topological polar surface area (TPSA) is 108 Å². The van der Waals surface area contributed by atoms with Gasteiger partial charge in [-0.05, 0) is 24.3 Å². The number of hydrogen-bond acceptors (Lipinski definition) is 7. The largest absolute Gasteiger partial charge is 0.620 e. The highest BCUT2D eigenvalue weighted by Gasteiger charge is 2.31. The summed E-state index contributed by atoms with van der Waals surface area (Å²) >= 11 is 0. The van der Waals surface area contributed by atoms with E-state index in [0.29, 0.717) is 0 Å². The van der Waals surface area contributed by atoms with E-state index in [9.17, 15) is 20.0 Å². The lowest BCUT2D eigenvalue weighted by Gasteiger charge is -2.48. The second-order valence-corrected chi connectivity index (χ2v) is 5.00. The number of carbonyl (C=O) groups is 2. The number of quaternary nitrogens is 1. The van der Waals surface area contributed by atoms with Gasteiger partial charge in [0.1, 0.15) is 0 Å². The summed E-state index contributed by atoms with van der Waals surface area (Å²) in [7, 11) is 2.37. The fourth-order valence-electron chi connectivity index (χ4n) is 2.41. The first kappa shape index (κ1) is 15.9. The van der Waals surface area contributed by atoms with Gasteiger partial charge >= 0.3 is 11.9 Å². The van der Waals surface area contributed by atoms with Crippen LogP contribution in [0.2, 0.25) is 0 Å². The third-order valence-corrected chi connectivity index (χ3v) is 3.61. The molecule has 0 aromatic heterocycles. The second-order valence-electron chi connectivity index (χ2n) is 5.00. The molecule has 0 aliphatic carbocycles. The molecular weight excluding hydrogens is 318 g/mol. The van der Waals surface area contributed by atoms with Crippen LogP contribution in [-0.2, 0) is 9.47 Å². The lowest BCUT2D eigenvalue weighted by atomic mass is 10.1. The lowest BCUT2D eigenvalue weighted by molar-refractivity contribution is 0.0592. The zero-order valence-corrected chi connectivity index (χ0v) is 12.8. The van der Waals surface area contributed by atoms with Gasteiger partial charge in [0.15, 0.2) is 22.9 Å². The first-order chi connectivity index (χ1) is 11.4. The normalized spacial score (nSPS) is 14.0. The van der Waals surface area contributed by atoms with Gasteiger partial charge in [0.05, 0.1) is 25.3 Å². The maximum absolute atomic E-state index is 12.7. The highest BCUT2D eigenvalue weighted by molar-refractivity contribution is 5.94. The van der Waals surface area contributed by atoms with Crippen LogP contribution in [0.25, 0.3) is 0 Å². The van der Waals surface area contributed by atoms with Crippen LogP contribution in [-0.4, -0.2) is 26.2 Å². The van der Waals surface area contributed by atoms with E-state index < -0.39 is 16.7 Å². The minimum atomic E-state index is -2.18. The SMILES string of the molecule is COC(=O)c1ccc2c(c1)[N+]([O-])([O-])c1cc(C(=O)OC)ccc1O2. The number of rotatable bonds is 2. The number of fused-ring (bicyclic) bond motifs is 2. The van der Waals surface area contributed by atoms with E-state index in [-0.39, 0.29) is 34.0 Å².